The molecule has 1 aliphatic heterocycles. The lowest BCUT2D eigenvalue weighted by Crippen LogP contribution is -2.74. The van der Waals surface area contributed by atoms with Gasteiger partial charge in [-0.25, -0.2) is 15.0 Å². The van der Waals surface area contributed by atoms with Crippen molar-refractivity contribution >= 4 is 6.03 Å². The summed E-state index contributed by atoms with van der Waals surface area (Å²) in [6.45, 7) is 11.0. The number of amides is 2. The molecule has 1 rings (SSSR count). The highest BCUT2D eigenvalue weighted by molar-refractivity contribution is 5.76. The molecular weight excluding hydrogens is 238 g/mol. The van der Waals surface area contributed by atoms with Crippen LogP contribution in [0.5, 0.6) is 0 Å². The van der Waals surface area contributed by atoms with Gasteiger partial charge < -0.3 is 5.11 Å². The third-order valence-corrected chi connectivity index (χ3v) is 2.79. The minimum atomic E-state index is -1.21. The SMILES string of the molecule is CC(C)(C)N1C(=O)NC(O)N(C(C)(C)C)C1OO. The number of carbonyl (C=O) groups excluding carboxylic acids is 1. The van der Waals surface area contributed by atoms with E-state index >= 15 is 0 Å². The number of carbonyl (C=O) groups is 1. The van der Waals surface area contributed by atoms with Crippen molar-refractivity contribution in [3.63, 3.8) is 0 Å². The molecule has 2 atom stereocenters. The number of nitrogens with zero attached hydrogens (tertiary/aromatic N) is 2. The predicted molar refractivity (Wildman–Crippen MR) is 65.2 cm³/mol. The minimum Gasteiger partial charge on any atom is -0.361 e. The van der Waals surface area contributed by atoms with Crippen LogP contribution in [-0.2, 0) is 4.89 Å². The van der Waals surface area contributed by atoms with Gasteiger partial charge in [0.15, 0.2) is 6.35 Å². The Morgan fingerprint density at radius 1 is 1.17 bits per heavy atom. The fourth-order valence-corrected chi connectivity index (χ4v) is 2.03. The Bertz CT molecular complexity index is 321. The molecule has 0 aliphatic carbocycles. The normalized spacial score (nSPS) is 27.3. The van der Waals surface area contributed by atoms with Crippen molar-refractivity contribution < 1.29 is 20.0 Å². The van der Waals surface area contributed by atoms with Crippen molar-refractivity contribution in [2.45, 2.75) is 65.3 Å². The van der Waals surface area contributed by atoms with Crippen LogP contribution in [0.4, 0.5) is 4.79 Å². The summed E-state index contributed by atoms with van der Waals surface area (Å²) in [6, 6.07) is -0.491. The number of aliphatic hydroxyl groups is 1. The highest BCUT2D eigenvalue weighted by Crippen LogP contribution is 2.29. The van der Waals surface area contributed by atoms with E-state index in [9.17, 15) is 9.90 Å². The molecule has 0 aromatic carbocycles. The summed E-state index contributed by atoms with van der Waals surface area (Å²) in [5, 5.41) is 21.5. The molecule has 7 heteroatoms. The summed E-state index contributed by atoms with van der Waals surface area (Å²) >= 11 is 0. The first-order valence-corrected chi connectivity index (χ1v) is 5.86. The van der Waals surface area contributed by atoms with Gasteiger partial charge in [0.25, 0.3) is 0 Å². The van der Waals surface area contributed by atoms with Crippen LogP contribution in [0.1, 0.15) is 41.5 Å². The van der Waals surface area contributed by atoms with Crippen LogP contribution in [0.15, 0.2) is 0 Å². The van der Waals surface area contributed by atoms with Crippen LogP contribution in [0.2, 0.25) is 0 Å². The summed E-state index contributed by atoms with van der Waals surface area (Å²) in [5.41, 5.74) is -1.08. The van der Waals surface area contributed by atoms with Gasteiger partial charge in [0, 0.05) is 11.1 Å². The second-order valence-electron chi connectivity index (χ2n) is 6.37. The number of urea groups is 1. The first-order valence-electron chi connectivity index (χ1n) is 5.86. The maximum atomic E-state index is 11.9. The molecule has 1 heterocycles. The van der Waals surface area contributed by atoms with Crippen LogP contribution >= 0.6 is 0 Å². The van der Waals surface area contributed by atoms with E-state index in [2.05, 4.69) is 10.2 Å². The zero-order valence-corrected chi connectivity index (χ0v) is 11.8. The molecule has 0 aromatic heterocycles. The van der Waals surface area contributed by atoms with Gasteiger partial charge in [-0.05, 0) is 41.5 Å². The Morgan fingerprint density at radius 3 is 2.00 bits per heavy atom. The van der Waals surface area contributed by atoms with Crippen molar-refractivity contribution in [2.75, 3.05) is 0 Å². The van der Waals surface area contributed by atoms with Gasteiger partial charge in [-0.3, -0.25) is 10.2 Å². The van der Waals surface area contributed by atoms with Crippen LogP contribution < -0.4 is 5.32 Å². The van der Waals surface area contributed by atoms with E-state index in [1.807, 2.05) is 41.5 Å². The van der Waals surface area contributed by atoms with Crippen molar-refractivity contribution in [3.8, 4) is 0 Å². The molecular formula is C11H23N3O4. The third-order valence-electron chi connectivity index (χ3n) is 2.79. The van der Waals surface area contributed by atoms with E-state index in [0.717, 1.165) is 0 Å². The molecule has 7 nitrogen and oxygen atoms in total. The lowest BCUT2D eigenvalue weighted by molar-refractivity contribution is -0.382. The van der Waals surface area contributed by atoms with Crippen molar-refractivity contribution in [1.29, 1.82) is 0 Å². The summed E-state index contributed by atoms with van der Waals surface area (Å²) in [4.78, 5) is 19.2. The zero-order chi connectivity index (χ0) is 14.3. The molecule has 1 saturated heterocycles. The Hall–Kier alpha value is -0.890. The van der Waals surface area contributed by atoms with E-state index in [1.54, 1.807) is 0 Å². The Kier molecular flexibility index (Phi) is 3.92. The van der Waals surface area contributed by atoms with Gasteiger partial charge in [0.2, 0.25) is 6.35 Å². The molecule has 0 saturated carbocycles. The molecule has 2 unspecified atom stereocenters. The molecule has 2 amide bonds. The van der Waals surface area contributed by atoms with Gasteiger partial charge in [-0.15, -0.1) is 0 Å². The minimum absolute atomic E-state index is 0.491. The van der Waals surface area contributed by atoms with Crippen molar-refractivity contribution in [2.24, 2.45) is 0 Å². The van der Waals surface area contributed by atoms with E-state index in [1.165, 1.54) is 9.80 Å². The maximum absolute atomic E-state index is 11.9. The van der Waals surface area contributed by atoms with Crippen LogP contribution in [-0.4, -0.2) is 50.0 Å². The number of aliphatic hydroxyl groups excluding tert-OH is 1. The molecule has 0 bridgehead atoms. The number of nitrogens with one attached hydrogen (secondary N) is 1. The van der Waals surface area contributed by atoms with Gasteiger partial charge in [0.1, 0.15) is 0 Å². The number of hydrogen-bond donors (Lipinski definition) is 3. The van der Waals surface area contributed by atoms with Gasteiger partial charge >= 0.3 is 6.03 Å². The fourth-order valence-electron chi connectivity index (χ4n) is 2.03. The highest BCUT2D eigenvalue weighted by atomic mass is 17.1. The smallest absolute Gasteiger partial charge is 0.324 e. The quantitative estimate of drug-likeness (QED) is 0.483. The van der Waals surface area contributed by atoms with Gasteiger partial charge in [0.05, 0.1) is 0 Å². The van der Waals surface area contributed by atoms with E-state index in [0.29, 0.717) is 0 Å². The zero-order valence-electron chi connectivity index (χ0n) is 11.8. The van der Waals surface area contributed by atoms with Crippen molar-refractivity contribution in [3.05, 3.63) is 0 Å². The molecule has 0 spiro atoms. The first-order chi connectivity index (χ1) is 8.00. The predicted octanol–water partition coefficient (Wildman–Crippen LogP) is 0.960. The van der Waals surface area contributed by atoms with E-state index < -0.39 is 29.8 Å². The number of rotatable bonds is 1. The molecule has 3 N–H and O–H groups in total. The molecule has 106 valence electrons. The largest absolute Gasteiger partial charge is 0.361 e. The van der Waals surface area contributed by atoms with Gasteiger partial charge in [-0.2, -0.15) is 4.89 Å². The maximum Gasteiger partial charge on any atom is 0.324 e. The second kappa shape index (κ2) is 4.65. The second-order valence-corrected chi connectivity index (χ2v) is 6.37. The number of hydrogen-bond acceptors (Lipinski definition) is 5. The first kappa shape index (κ1) is 15.2. The topological polar surface area (TPSA) is 85.3 Å². The standard InChI is InChI=1S/C11H23N3O4/c1-10(2,3)13-7(15)12-8(16)14(9(13)18-17)11(4,5)6/h7,9,15,17H,1-6H3,(H,12,16). The Labute approximate surface area is 107 Å². The van der Waals surface area contributed by atoms with Crippen LogP contribution in [0.3, 0.4) is 0 Å². The van der Waals surface area contributed by atoms with Crippen molar-refractivity contribution in [1.82, 2.24) is 15.1 Å². The van der Waals surface area contributed by atoms with Crippen LogP contribution in [0.25, 0.3) is 0 Å². The van der Waals surface area contributed by atoms with Gasteiger partial charge in [-0.1, -0.05) is 0 Å². The molecule has 18 heavy (non-hydrogen) atoms. The summed E-state index contributed by atoms with van der Waals surface area (Å²) < 4.78 is 0. The highest BCUT2D eigenvalue weighted by Gasteiger charge is 2.48. The molecule has 0 radical (unpaired) electrons. The summed E-state index contributed by atoms with van der Waals surface area (Å²) in [7, 11) is 0. The Morgan fingerprint density at radius 2 is 1.67 bits per heavy atom. The summed E-state index contributed by atoms with van der Waals surface area (Å²) in [6.07, 6.45) is -2.26. The average molecular weight is 261 g/mol. The monoisotopic (exact) mass is 261 g/mol. The Balaban J connectivity index is 3.17. The lowest BCUT2D eigenvalue weighted by Gasteiger charge is -2.53. The van der Waals surface area contributed by atoms with E-state index in [-0.39, 0.29) is 0 Å². The molecule has 1 fully saturated rings. The third kappa shape index (κ3) is 2.74. The average Bonchev–Trinajstić information content (AvgIpc) is 2.11. The molecule has 0 aromatic rings. The summed E-state index contributed by atoms with van der Waals surface area (Å²) in [5.74, 6) is 0. The molecule has 1 aliphatic rings. The lowest BCUT2D eigenvalue weighted by atomic mass is 10.0. The van der Waals surface area contributed by atoms with Crippen LogP contribution in [0, 0.1) is 0 Å². The van der Waals surface area contributed by atoms with E-state index in [4.69, 9.17) is 5.26 Å². The fraction of sp³-hybridized carbons (Fsp3) is 0.909.